The van der Waals surface area contributed by atoms with Gasteiger partial charge in [-0.15, -0.1) is 0 Å². The van der Waals surface area contributed by atoms with Crippen LogP contribution in [-0.2, 0) is 13.6 Å². The molecule has 0 aliphatic rings. The van der Waals surface area contributed by atoms with Crippen LogP contribution in [-0.4, -0.2) is 9.49 Å². The Morgan fingerprint density at radius 2 is 2.20 bits per heavy atom. The molecular weight excluding hydrogens is 256 g/mol. The molecule has 0 spiro atoms. The molecule has 6 nitrogen and oxygen atoms in total. The SMILES string of the molecule is Cc1ccc(NCc2cc(C#N)n(C)c2)cc1[N+](=O)[O-]. The second-order valence-corrected chi connectivity index (χ2v) is 4.57. The van der Waals surface area contributed by atoms with E-state index in [0.717, 1.165) is 5.56 Å². The fraction of sp³-hybridized carbons (Fsp3) is 0.214. The van der Waals surface area contributed by atoms with Gasteiger partial charge in [0.2, 0.25) is 0 Å². The molecular formula is C14H14N4O2. The zero-order valence-corrected chi connectivity index (χ0v) is 11.3. The van der Waals surface area contributed by atoms with Crippen LogP contribution in [0.1, 0.15) is 16.8 Å². The van der Waals surface area contributed by atoms with E-state index in [9.17, 15) is 10.1 Å². The molecule has 2 aromatic rings. The Hall–Kier alpha value is -2.81. The van der Waals surface area contributed by atoms with E-state index in [-0.39, 0.29) is 5.69 Å². The first kappa shape index (κ1) is 13.6. The molecule has 0 saturated heterocycles. The standard InChI is InChI=1S/C14H14N4O2/c1-10-3-4-12(6-14(10)18(19)20)16-8-11-5-13(7-15)17(2)9-11/h3-6,9,16H,8H2,1-2H3. The van der Waals surface area contributed by atoms with Crippen molar-refractivity contribution in [2.45, 2.75) is 13.5 Å². The molecule has 2 rings (SSSR count). The van der Waals surface area contributed by atoms with Crippen LogP contribution in [0.3, 0.4) is 0 Å². The third-order valence-electron chi connectivity index (χ3n) is 3.08. The van der Waals surface area contributed by atoms with Crippen molar-refractivity contribution >= 4 is 11.4 Å². The van der Waals surface area contributed by atoms with Gasteiger partial charge in [0.05, 0.1) is 4.92 Å². The lowest BCUT2D eigenvalue weighted by Gasteiger charge is -2.06. The van der Waals surface area contributed by atoms with E-state index in [0.29, 0.717) is 23.5 Å². The van der Waals surface area contributed by atoms with Gasteiger partial charge in [0, 0.05) is 37.1 Å². The smallest absolute Gasteiger partial charge is 0.274 e. The zero-order valence-electron chi connectivity index (χ0n) is 11.3. The lowest BCUT2D eigenvalue weighted by atomic mass is 10.2. The number of nitro benzene ring substituents is 1. The number of hydrogen-bond acceptors (Lipinski definition) is 4. The van der Waals surface area contributed by atoms with Gasteiger partial charge >= 0.3 is 0 Å². The fourth-order valence-corrected chi connectivity index (χ4v) is 1.96. The summed E-state index contributed by atoms with van der Waals surface area (Å²) in [6.07, 6.45) is 1.86. The Morgan fingerprint density at radius 3 is 2.80 bits per heavy atom. The number of anilines is 1. The van der Waals surface area contributed by atoms with Crippen molar-refractivity contribution in [2.24, 2.45) is 7.05 Å². The van der Waals surface area contributed by atoms with Crippen LogP contribution in [0, 0.1) is 28.4 Å². The van der Waals surface area contributed by atoms with Crippen molar-refractivity contribution in [3.63, 3.8) is 0 Å². The first-order valence-corrected chi connectivity index (χ1v) is 6.05. The minimum atomic E-state index is -0.392. The highest BCUT2D eigenvalue weighted by atomic mass is 16.6. The monoisotopic (exact) mass is 270 g/mol. The number of nitriles is 1. The number of rotatable bonds is 4. The van der Waals surface area contributed by atoms with Crippen LogP contribution in [0.15, 0.2) is 30.5 Å². The van der Waals surface area contributed by atoms with Crippen LogP contribution in [0.4, 0.5) is 11.4 Å². The van der Waals surface area contributed by atoms with E-state index in [2.05, 4.69) is 11.4 Å². The number of benzene rings is 1. The largest absolute Gasteiger partial charge is 0.381 e. The van der Waals surface area contributed by atoms with E-state index in [1.807, 2.05) is 6.20 Å². The van der Waals surface area contributed by atoms with Gasteiger partial charge in [-0.05, 0) is 24.6 Å². The fourth-order valence-electron chi connectivity index (χ4n) is 1.96. The lowest BCUT2D eigenvalue weighted by molar-refractivity contribution is -0.385. The number of aromatic nitrogens is 1. The molecule has 1 aromatic heterocycles. The third kappa shape index (κ3) is 2.78. The number of nitrogens with one attached hydrogen (secondary N) is 1. The van der Waals surface area contributed by atoms with Crippen LogP contribution in [0.5, 0.6) is 0 Å². The summed E-state index contributed by atoms with van der Waals surface area (Å²) in [6.45, 7) is 2.22. The number of nitro groups is 1. The molecule has 0 radical (unpaired) electrons. The summed E-state index contributed by atoms with van der Waals surface area (Å²) in [5.41, 5.74) is 2.95. The van der Waals surface area contributed by atoms with E-state index in [1.165, 1.54) is 6.07 Å². The predicted octanol–water partition coefficient (Wildman–Crippen LogP) is 2.73. The average Bonchev–Trinajstić information content (AvgIpc) is 2.78. The van der Waals surface area contributed by atoms with Gasteiger partial charge in [-0.3, -0.25) is 10.1 Å². The minimum Gasteiger partial charge on any atom is -0.381 e. The molecule has 6 heteroatoms. The molecule has 1 N–H and O–H groups in total. The summed E-state index contributed by atoms with van der Waals surface area (Å²) in [7, 11) is 1.80. The molecule has 1 aromatic carbocycles. The Bertz CT molecular complexity index is 698. The van der Waals surface area contributed by atoms with E-state index < -0.39 is 4.92 Å². The number of hydrogen-bond donors (Lipinski definition) is 1. The number of aryl methyl sites for hydroxylation is 2. The van der Waals surface area contributed by atoms with Gasteiger partial charge in [0.15, 0.2) is 0 Å². The average molecular weight is 270 g/mol. The van der Waals surface area contributed by atoms with Gasteiger partial charge in [-0.2, -0.15) is 5.26 Å². The van der Waals surface area contributed by atoms with Crippen LogP contribution in [0.25, 0.3) is 0 Å². The van der Waals surface area contributed by atoms with Crippen molar-refractivity contribution in [3.05, 3.63) is 57.4 Å². The molecule has 1 heterocycles. The Morgan fingerprint density at radius 1 is 1.45 bits per heavy atom. The quantitative estimate of drug-likeness (QED) is 0.683. The van der Waals surface area contributed by atoms with Crippen molar-refractivity contribution in [2.75, 3.05) is 5.32 Å². The van der Waals surface area contributed by atoms with Gasteiger partial charge in [-0.25, -0.2) is 0 Å². The van der Waals surface area contributed by atoms with E-state index in [1.54, 1.807) is 36.7 Å². The highest BCUT2D eigenvalue weighted by Crippen LogP contribution is 2.22. The summed E-state index contributed by atoms with van der Waals surface area (Å²) in [6, 6.07) is 8.91. The second-order valence-electron chi connectivity index (χ2n) is 4.57. The van der Waals surface area contributed by atoms with Gasteiger partial charge in [-0.1, -0.05) is 6.07 Å². The maximum Gasteiger partial charge on any atom is 0.274 e. The zero-order chi connectivity index (χ0) is 14.7. The molecule has 0 bridgehead atoms. The highest BCUT2D eigenvalue weighted by Gasteiger charge is 2.11. The van der Waals surface area contributed by atoms with Gasteiger partial charge < -0.3 is 9.88 Å². The van der Waals surface area contributed by atoms with Crippen molar-refractivity contribution < 1.29 is 4.92 Å². The van der Waals surface area contributed by atoms with Crippen molar-refractivity contribution in [1.29, 1.82) is 5.26 Å². The maximum absolute atomic E-state index is 10.9. The normalized spacial score (nSPS) is 10.1. The van der Waals surface area contributed by atoms with Crippen LogP contribution >= 0.6 is 0 Å². The molecule has 0 amide bonds. The highest BCUT2D eigenvalue weighted by molar-refractivity contribution is 5.55. The Balaban J connectivity index is 2.13. The third-order valence-corrected chi connectivity index (χ3v) is 3.08. The number of nitrogens with zero attached hydrogens (tertiary/aromatic N) is 3. The van der Waals surface area contributed by atoms with E-state index >= 15 is 0 Å². The first-order valence-electron chi connectivity index (χ1n) is 6.05. The van der Waals surface area contributed by atoms with Gasteiger partial charge in [0.1, 0.15) is 11.8 Å². The first-order chi connectivity index (χ1) is 9.51. The predicted molar refractivity (Wildman–Crippen MR) is 75.3 cm³/mol. The van der Waals surface area contributed by atoms with Crippen LogP contribution < -0.4 is 5.32 Å². The van der Waals surface area contributed by atoms with Crippen LogP contribution in [0.2, 0.25) is 0 Å². The topological polar surface area (TPSA) is 83.9 Å². The Kier molecular flexibility index (Phi) is 3.71. The van der Waals surface area contributed by atoms with Crippen molar-refractivity contribution in [1.82, 2.24) is 4.57 Å². The molecule has 0 aliphatic heterocycles. The molecule has 0 unspecified atom stereocenters. The molecule has 0 aliphatic carbocycles. The summed E-state index contributed by atoms with van der Waals surface area (Å²) in [4.78, 5) is 10.5. The minimum absolute atomic E-state index is 0.0979. The summed E-state index contributed by atoms with van der Waals surface area (Å²) < 4.78 is 1.74. The second kappa shape index (κ2) is 5.45. The Labute approximate surface area is 116 Å². The summed E-state index contributed by atoms with van der Waals surface area (Å²) in [5, 5.41) is 22.9. The van der Waals surface area contributed by atoms with Gasteiger partial charge in [0.25, 0.3) is 5.69 Å². The molecule has 20 heavy (non-hydrogen) atoms. The molecule has 0 saturated carbocycles. The lowest BCUT2D eigenvalue weighted by Crippen LogP contribution is -2.00. The molecule has 102 valence electrons. The summed E-state index contributed by atoms with van der Waals surface area (Å²) >= 11 is 0. The molecule has 0 atom stereocenters. The van der Waals surface area contributed by atoms with Crippen molar-refractivity contribution in [3.8, 4) is 6.07 Å². The maximum atomic E-state index is 10.9. The van der Waals surface area contributed by atoms with E-state index in [4.69, 9.17) is 5.26 Å². The summed E-state index contributed by atoms with van der Waals surface area (Å²) in [5.74, 6) is 0. The molecule has 0 fully saturated rings.